The van der Waals surface area contributed by atoms with E-state index in [1.54, 1.807) is 13.8 Å². The van der Waals surface area contributed by atoms with E-state index in [1.165, 1.54) is 24.4 Å². The fourth-order valence-corrected chi connectivity index (χ4v) is 3.82. The quantitative estimate of drug-likeness (QED) is 0.388. The van der Waals surface area contributed by atoms with Crippen molar-refractivity contribution in [3.8, 4) is 11.4 Å². The molecular weight excluding hydrogens is 376 g/mol. The molecule has 0 fully saturated rings. The highest BCUT2D eigenvalue weighted by Crippen LogP contribution is 2.25. The number of hydrogen-bond donors (Lipinski definition) is 1. The topological polar surface area (TPSA) is 89.9 Å². The van der Waals surface area contributed by atoms with Crippen LogP contribution in [0.5, 0.6) is 0 Å². The molecule has 0 aliphatic carbocycles. The van der Waals surface area contributed by atoms with Gasteiger partial charge in [0.05, 0.1) is 24.1 Å². The van der Waals surface area contributed by atoms with Gasteiger partial charge in [-0.15, -0.1) is 10.2 Å². The minimum absolute atomic E-state index is 0.111. The number of nitrogens with zero attached hydrogens (tertiary/aromatic N) is 3. The van der Waals surface area contributed by atoms with Gasteiger partial charge in [-0.05, 0) is 26.3 Å². The molecule has 2 aromatic heterocycles. The summed E-state index contributed by atoms with van der Waals surface area (Å²) in [6, 6.07) is 8.04. The summed E-state index contributed by atoms with van der Waals surface area (Å²) >= 11 is 1.31. The molecule has 28 heavy (non-hydrogen) atoms. The highest BCUT2D eigenvalue weighted by Gasteiger charge is 2.23. The van der Waals surface area contributed by atoms with Crippen LogP contribution < -0.4 is 0 Å². The van der Waals surface area contributed by atoms with Gasteiger partial charge in [0, 0.05) is 18.3 Å². The molecule has 0 amide bonds. The van der Waals surface area contributed by atoms with Crippen LogP contribution in [-0.2, 0) is 11.8 Å². The molecule has 0 atom stereocenters. The van der Waals surface area contributed by atoms with E-state index in [9.17, 15) is 9.59 Å². The van der Waals surface area contributed by atoms with Gasteiger partial charge in [-0.3, -0.25) is 4.79 Å². The van der Waals surface area contributed by atoms with Gasteiger partial charge in [0.2, 0.25) is 0 Å². The Kier molecular flexibility index (Phi) is 5.69. The molecule has 0 saturated carbocycles. The molecule has 7 nitrogen and oxygen atoms in total. The molecule has 2 heterocycles. The number of esters is 1. The van der Waals surface area contributed by atoms with Crippen LogP contribution in [0.2, 0.25) is 0 Å². The van der Waals surface area contributed by atoms with E-state index in [0.29, 0.717) is 27.7 Å². The Labute approximate surface area is 167 Å². The molecule has 3 rings (SSSR count). The number of aryl methyl sites for hydroxylation is 2. The first kappa shape index (κ1) is 19.9. The number of benzene rings is 1. The van der Waals surface area contributed by atoms with Gasteiger partial charge >= 0.3 is 5.97 Å². The third-order valence-electron chi connectivity index (χ3n) is 4.58. The number of Topliss-reactive ketones (excluding diaryl/α,β-unsaturated/α-hetero) is 1. The lowest BCUT2D eigenvalue weighted by atomic mass is 10.1. The monoisotopic (exact) mass is 398 g/mol. The zero-order chi connectivity index (χ0) is 20.4. The van der Waals surface area contributed by atoms with Gasteiger partial charge in [0.15, 0.2) is 16.8 Å². The maximum atomic E-state index is 12.7. The normalized spacial score (nSPS) is 10.9. The van der Waals surface area contributed by atoms with Crippen LogP contribution in [-0.4, -0.2) is 44.4 Å². The molecule has 1 aromatic carbocycles. The van der Waals surface area contributed by atoms with Crippen molar-refractivity contribution >= 4 is 23.5 Å². The number of rotatable bonds is 6. The molecule has 0 saturated heterocycles. The smallest absolute Gasteiger partial charge is 0.339 e. The first-order chi connectivity index (χ1) is 13.3. The van der Waals surface area contributed by atoms with Crippen LogP contribution in [0.15, 0.2) is 29.4 Å². The summed E-state index contributed by atoms with van der Waals surface area (Å²) in [7, 11) is 3.20. The van der Waals surface area contributed by atoms with Gasteiger partial charge in [-0.25, -0.2) is 4.79 Å². The number of aromatic amines is 1. The summed E-state index contributed by atoms with van der Waals surface area (Å²) in [5.41, 5.74) is 4.21. The number of H-pyrrole nitrogens is 1. The van der Waals surface area contributed by atoms with E-state index < -0.39 is 5.97 Å². The number of ether oxygens (including phenoxy) is 1. The standard InChI is InChI=1S/C20H22N4O3S/c1-11-6-8-14(9-7-11)18-22-23-20(24(18)4)28-10-15(25)17-12(2)16(13(3)21-17)19(26)27-5/h6-9,21H,10H2,1-5H3. The molecule has 0 spiro atoms. The van der Waals surface area contributed by atoms with Crippen LogP contribution in [0.4, 0.5) is 0 Å². The first-order valence-corrected chi connectivity index (χ1v) is 9.72. The summed E-state index contributed by atoms with van der Waals surface area (Å²) in [5.74, 6) is 0.367. The van der Waals surface area contributed by atoms with Crippen LogP contribution in [0.25, 0.3) is 11.4 Å². The highest BCUT2D eigenvalue weighted by molar-refractivity contribution is 7.99. The minimum Gasteiger partial charge on any atom is -0.465 e. The molecule has 8 heteroatoms. The maximum absolute atomic E-state index is 12.7. The Bertz CT molecular complexity index is 1030. The first-order valence-electron chi connectivity index (χ1n) is 8.73. The van der Waals surface area contributed by atoms with E-state index >= 15 is 0 Å². The zero-order valence-corrected chi connectivity index (χ0v) is 17.3. The van der Waals surface area contributed by atoms with Crippen molar-refractivity contribution < 1.29 is 14.3 Å². The fraction of sp³-hybridized carbons (Fsp3) is 0.300. The Balaban J connectivity index is 1.76. The van der Waals surface area contributed by atoms with Crippen molar-refractivity contribution in [2.45, 2.75) is 25.9 Å². The molecule has 1 N–H and O–H groups in total. The maximum Gasteiger partial charge on any atom is 0.339 e. The van der Waals surface area contributed by atoms with Gasteiger partial charge in [0.25, 0.3) is 0 Å². The van der Waals surface area contributed by atoms with Crippen molar-refractivity contribution in [3.05, 3.63) is 52.3 Å². The van der Waals surface area contributed by atoms with Crippen LogP contribution in [0.3, 0.4) is 0 Å². The average molecular weight is 398 g/mol. The number of carbonyl (C=O) groups is 2. The summed E-state index contributed by atoms with van der Waals surface area (Å²) < 4.78 is 6.66. The highest BCUT2D eigenvalue weighted by atomic mass is 32.2. The Morgan fingerprint density at radius 1 is 1.14 bits per heavy atom. The second-order valence-corrected chi connectivity index (χ2v) is 7.50. The molecule has 0 aliphatic heterocycles. The molecular formula is C20H22N4O3S. The third kappa shape index (κ3) is 3.73. The number of thioether (sulfide) groups is 1. The van der Waals surface area contributed by atoms with Crippen molar-refractivity contribution in [1.29, 1.82) is 0 Å². The predicted octanol–water partition coefficient (Wildman–Crippen LogP) is 3.50. The fourth-order valence-electron chi connectivity index (χ4n) is 3.03. The Morgan fingerprint density at radius 2 is 1.82 bits per heavy atom. The van der Waals surface area contributed by atoms with Gasteiger partial charge in [-0.2, -0.15) is 0 Å². The minimum atomic E-state index is -0.450. The van der Waals surface area contributed by atoms with E-state index in [2.05, 4.69) is 15.2 Å². The lowest BCUT2D eigenvalue weighted by Crippen LogP contribution is -2.07. The summed E-state index contributed by atoms with van der Waals surface area (Å²) in [4.78, 5) is 27.6. The van der Waals surface area contributed by atoms with Gasteiger partial charge in [0.1, 0.15) is 0 Å². The zero-order valence-electron chi connectivity index (χ0n) is 16.5. The van der Waals surface area contributed by atoms with Crippen molar-refractivity contribution in [3.63, 3.8) is 0 Å². The van der Waals surface area contributed by atoms with Crippen molar-refractivity contribution in [2.75, 3.05) is 12.9 Å². The average Bonchev–Trinajstić information content (AvgIpc) is 3.19. The molecule has 0 bridgehead atoms. The van der Waals surface area contributed by atoms with Crippen molar-refractivity contribution in [2.24, 2.45) is 7.05 Å². The lowest BCUT2D eigenvalue weighted by Gasteiger charge is -2.04. The SMILES string of the molecule is COC(=O)c1c(C)[nH]c(C(=O)CSc2nnc(-c3ccc(C)cc3)n2C)c1C. The van der Waals surface area contributed by atoms with E-state index in [1.807, 2.05) is 42.8 Å². The lowest BCUT2D eigenvalue weighted by molar-refractivity contribution is 0.0599. The summed E-state index contributed by atoms with van der Waals surface area (Å²) in [5, 5.41) is 9.11. The third-order valence-corrected chi connectivity index (χ3v) is 5.60. The number of carbonyl (C=O) groups excluding carboxylic acids is 2. The molecule has 0 aliphatic rings. The number of nitrogens with one attached hydrogen (secondary N) is 1. The van der Waals surface area contributed by atoms with Crippen molar-refractivity contribution in [1.82, 2.24) is 19.7 Å². The molecule has 3 aromatic rings. The predicted molar refractivity (Wildman–Crippen MR) is 108 cm³/mol. The number of hydrogen-bond acceptors (Lipinski definition) is 6. The second-order valence-electron chi connectivity index (χ2n) is 6.56. The van der Waals surface area contributed by atoms with E-state index in [4.69, 9.17) is 4.74 Å². The Hall–Kier alpha value is -2.87. The second kappa shape index (κ2) is 8.02. The molecule has 0 unspecified atom stereocenters. The molecule has 146 valence electrons. The van der Waals surface area contributed by atoms with E-state index in [-0.39, 0.29) is 11.5 Å². The largest absolute Gasteiger partial charge is 0.465 e. The molecule has 0 radical (unpaired) electrons. The summed E-state index contributed by atoms with van der Waals surface area (Å²) in [6.07, 6.45) is 0. The van der Waals surface area contributed by atoms with Gasteiger partial charge in [-0.1, -0.05) is 41.6 Å². The summed E-state index contributed by atoms with van der Waals surface area (Å²) in [6.45, 7) is 5.52. The number of methoxy groups -OCH3 is 1. The van der Waals surface area contributed by atoms with Crippen LogP contribution in [0.1, 0.15) is 37.7 Å². The number of ketones is 1. The Morgan fingerprint density at radius 3 is 2.46 bits per heavy atom. The number of aromatic nitrogens is 4. The van der Waals surface area contributed by atoms with Crippen LogP contribution in [0, 0.1) is 20.8 Å². The van der Waals surface area contributed by atoms with Crippen LogP contribution >= 0.6 is 11.8 Å². The van der Waals surface area contributed by atoms with E-state index in [0.717, 1.165) is 11.4 Å². The van der Waals surface area contributed by atoms with Gasteiger partial charge < -0.3 is 14.3 Å².